The third kappa shape index (κ3) is 5.37. The quantitative estimate of drug-likeness (QED) is 0.757. The number of para-hydroxylation sites is 1. The molecule has 4 nitrogen and oxygen atoms in total. The number of nitrogens with one attached hydrogen (secondary N) is 2. The molecule has 1 aromatic carbocycles. The highest BCUT2D eigenvalue weighted by molar-refractivity contribution is 6.39. The maximum absolute atomic E-state index is 11.7. The first kappa shape index (κ1) is 16.2. The van der Waals surface area contributed by atoms with Crippen molar-refractivity contribution in [3.63, 3.8) is 0 Å². The normalized spacial score (nSPS) is 13.9. The van der Waals surface area contributed by atoms with E-state index >= 15 is 0 Å². The molecule has 1 atom stereocenters. The largest absolute Gasteiger partial charge is 0.389 e. The zero-order chi connectivity index (χ0) is 14.5. The lowest BCUT2D eigenvalue weighted by atomic mass is 10.0. The second-order valence-electron chi connectivity index (χ2n) is 4.60. The first-order valence-corrected chi connectivity index (χ1v) is 6.78. The number of halogens is 2. The van der Waals surface area contributed by atoms with Crippen molar-refractivity contribution in [2.75, 3.05) is 18.4 Å². The van der Waals surface area contributed by atoms with Gasteiger partial charge in [0, 0.05) is 6.54 Å². The maximum atomic E-state index is 11.7. The highest BCUT2D eigenvalue weighted by Crippen LogP contribution is 2.29. The molecule has 3 N–H and O–H groups in total. The minimum Gasteiger partial charge on any atom is -0.389 e. The Kier molecular flexibility index (Phi) is 6.07. The molecule has 0 bridgehead atoms. The van der Waals surface area contributed by atoms with Gasteiger partial charge in [-0.2, -0.15) is 0 Å². The number of aliphatic hydroxyl groups is 1. The molecular weight excluding hydrogens is 287 g/mol. The molecule has 19 heavy (non-hydrogen) atoms. The SMILES string of the molecule is CCC(C)(O)CNCC(=O)Nc1c(Cl)cccc1Cl. The van der Waals surface area contributed by atoms with E-state index in [1.54, 1.807) is 25.1 Å². The molecule has 1 amide bonds. The molecule has 106 valence electrons. The van der Waals surface area contributed by atoms with Gasteiger partial charge in [0.1, 0.15) is 0 Å². The smallest absolute Gasteiger partial charge is 0.238 e. The van der Waals surface area contributed by atoms with Crippen LogP contribution in [0.1, 0.15) is 20.3 Å². The van der Waals surface area contributed by atoms with Gasteiger partial charge in [0.05, 0.1) is 27.9 Å². The van der Waals surface area contributed by atoms with Crippen molar-refractivity contribution in [1.82, 2.24) is 5.32 Å². The second-order valence-corrected chi connectivity index (χ2v) is 5.41. The van der Waals surface area contributed by atoms with Crippen molar-refractivity contribution in [1.29, 1.82) is 0 Å². The molecule has 1 aromatic rings. The monoisotopic (exact) mass is 304 g/mol. The molecule has 0 saturated heterocycles. The minimum atomic E-state index is -0.817. The Morgan fingerprint density at radius 2 is 1.95 bits per heavy atom. The molecule has 0 heterocycles. The summed E-state index contributed by atoms with van der Waals surface area (Å²) in [5.74, 6) is -0.262. The first-order chi connectivity index (χ1) is 8.85. The van der Waals surface area contributed by atoms with E-state index in [1.165, 1.54) is 0 Å². The zero-order valence-electron chi connectivity index (χ0n) is 11.0. The van der Waals surface area contributed by atoms with Crippen molar-refractivity contribution in [2.24, 2.45) is 0 Å². The van der Waals surface area contributed by atoms with Crippen LogP contribution >= 0.6 is 23.2 Å². The Bertz CT molecular complexity index is 430. The first-order valence-electron chi connectivity index (χ1n) is 6.02. The Labute approximate surface area is 123 Å². The highest BCUT2D eigenvalue weighted by atomic mass is 35.5. The zero-order valence-corrected chi connectivity index (χ0v) is 12.5. The van der Waals surface area contributed by atoms with Crippen molar-refractivity contribution >= 4 is 34.8 Å². The number of hydrogen-bond acceptors (Lipinski definition) is 3. The van der Waals surface area contributed by atoms with E-state index in [1.807, 2.05) is 6.92 Å². The van der Waals surface area contributed by atoms with Crippen molar-refractivity contribution in [2.45, 2.75) is 25.9 Å². The molecule has 6 heteroatoms. The molecular formula is C13H18Cl2N2O2. The number of benzene rings is 1. The van der Waals surface area contributed by atoms with Crippen molar-refractivity contribution in [3.8, 4) is 0 Å². The minimum absolute atomic E-state index is 0.0811. The standard InChI is InChI=1S/C13H18Cl2N2O2/c1-3-13(2,19)8-16-7-11(18)17-12-9(14)5-4-6-10(12)15/h4-6,16,19H,3,7-8H2,1-2H3,(H,17,18). The molecule has 0 aliphatic rings. The number of anilines is 1. The van der Waals surface area contributed by atoms with E-state index in [-0.39, 0.29) is 12.5 Å². The molecule has 0 saturated carbocycles. The number of hydrogen-bond donors (Lipinski definition) is 3. The Hall–Kier alpha value is -0.810. The molecule has 0 spiro atoms. The summed E-state index contributed by atoms with van der Waals surface area (Å²) < 4.78 is 0. The average molecular weight is 305 g/mol. The fourth-order valence-corrected chi connectivity index (χ4v) is 1.86. The van der Waals surface area contributed by atoms with E-state index in [9.17, 15) is 9.90 Å². The molecule has 1 unspecified atom stereocenters. The second kappa shape index (κ2) is 7.10. The average Bonchev–Trinajstić information content (AvgIpc) is 2.34. The number of carbonyl (C=O) groups is 1. The maximum Gasteiger partial charge on any atom is 0.238 e. The van der Waals surface area contributed by atoms with Gasteiger partial charge in [-0.15, -0.1) is 0 Å². The van der Waals surface area contributed by atoms with Gasteiger partial charge >= 0.3 is 0 Å². The van der Waals surface area contributed by atoms with Crippen LogP contribution in [-0.2, 0) is 4.79 Å². The Morgan fingerprint density at radius 1 is 1.37 bits per heavy atom. The Balaban J connectivity index is 2.48. The molecule has 0 aliphatic carbocycles. The van der Waals surface area contributed by atoms with Gasteiger partial charge in [0.25, 0.3) is 0 Å². The predicted molar refractivity (Wildman–Crippen MR) is 78.9 cm³/mol. The highest BCUT2D eigenvalue weighted by Gasteiger charge is 2.17. The van der Waals surface area contributed by atoms with Gasteiger partial charge < -0.3 is 15.7 Å². The van der Waals surface area contributed by atoms with E-state index < -0.39 is 5.60 Å². The molecule has 0 aromatic heterocycles. The number of amides is 1. The van der Waals surface area contributed by atoms with Crippen LogP contribution in [0.25, 0.3) is 0 Å². The van der Waals surface area contributed by atoms with Crippen LogP contribution in [0.4, 0.5) is 5.69 Å². The van der Waals surface area contributed by atoms with E-state index in [0.717, 1.165) is 0 Å². The molecule has 0 fully saturated rings. The third-order valence-electron chi connectivity index (χ3n) is 2.78. The lowest BCUT2D eigenvalue weighted by molar-refractivity contribution is -0.115. The van der Waals surface area contributed by atoms with Crippen LogP contribution in [0, 0.1) is 0 Å². The topological polar surface area (TPSA) is 61.4 Å². The van der Waals surface area contributed by atoms with Gasteiger partial charge in [0.2, 0.25) is 5.91 Å². The fourth-order valence-electron chi connectivity index (χ4n) is 1.37. The van der Waals surface area contributed by atoms with E-state index in [4.69, 9.17) is 23.2 Å². The molecule has 0 aliphatic heterocycles. The van der Waals surface area contributed by atoms with Crippen molar-refractivity contribution < 1.29 is 9.90 Å². The Morgan fingerprint density at radius 3 is 2.47 bits per heavy atom. The van der Waals surface area contributed by atoms with Crippen molar-refractivity contribution in [3.05, 3.63) is 28.2 Å². The van der Waals surface area contributed by atoms with E-state index in [2.05, 4.69) is 10.6 Å². The van der Waals surface area contributed by atoms with Crippen LogP contribution in [0.5, 0.6) is 0 Å². The van der Waals surface area contributed by atoms with Gasteiger partial charge in [-0.05, 0) is 25.5 Å². The summed E-state index contributed by atoms with van der Waals surface area (Å²) in [5, 5.41) is 16.1. The number of rotatable bonds is 6. The summed E-state index contributed by atoms with van der Waals surface area (Å²) in [7, 11) is 0. The molecule has 1 rings (SSSR count). The van der Waals surface area contributed by atoms with Crippen LogP contribution in [0.2, 0.25) is 10.0 Å². The van der Waals surface area contributed by atoms with E-state index in [0.29, 0.717) is 28.7 Å². The summed E-state index contributed by atoms with van der Waals surface area (Å²) in [6.07, 6.45) is 0.609. The van der Waals surface area contributed by atoms with Gasteiger partial charge in [-0.25, -0.2) is 0 Å². The van der Waals surface area contributed by atoms with Gasteiger partial charge in [-0.1, -0.05) is 36.2 Å². The van der Waals surface area contributed by atoms with Gasteiger partial charge in [-0.3, -0.25) is 4.79 Å². The summed E-state index contributed by atoms with van der Waals surface area (Å²) in [4.78, 5) is 11.7. The number of carbonyl (C=O) groups excluding carboxylic acids is 1. The summed E-state index contributed by atoms with van der Waals surface area (Å²) >= 11 is 11.9. The van der Waals surface area contributed by atoms with Crippen LogP contribution in [-0.4, -0.2) is 29.7 Å². The molecule has 0 radical (unpaired) electrons. The lowest BCUT2D eigenvalue weighted by Crippen LogP contribution is -2.40. The predicted octanol–water partition coefficient (Wildman–Crippen LogP) is 2.68. The summed E-state index contributed by atoms with van der Waals surface area (Å²) in [6, 6.07) is 5.01. The fraction of sp³-hybridized carbons (Fsp3) is 0.462. The van der Waals surface area contributed by atoms with Crippen LogP contribution < -0.4 is 10.6 Å². The third-order valence-corrected chi connectivity index (χ3v) is 3.41. The lowest BCUT2D eigenvalue weighted by Gasteiger charge is -2.21. The summed E-state index contributed by atoms with van der Waals surface area (Å²) in [5.41, 5.74) is -0.414. The van der Waals surface area contributed by atoms with Crippen LogP contribution in [0.3, 0.4) is 0 Å². The van der Waals surface area contributed by atoms with Crippen LogP contribution in [0.15, 0.2) is 18.2 Å². The van der Waals surface area contributed by atoms with Gasteiger partial charge in [0.15, 0.2) is 0 Å². The summed E-state index contributed by atoms with van der Waals surface area (Å²) in [6.45, 7) is 4.01.